The van der Waals surface area contributed by atoms with Crippen LogP contribution in [-0.4, -0.2) is 30.6 Å². The number of benzene rings is 1. The van der Waals surface area contributed by atoms with E-state index >= 15 is 0 Å². The summed E-state index contributed by atoms with van der Waals surface area (Å²) in [7, 11) is 2.24. The lowest BCUT2D eigenvalue weighted by atomic mass is 9.92. The minimum atomic E-state index is 0.398. The van der Waals surface area contributed by atoms with Crippen molar-refractivity contribution in [3.63, 3.8) is 0 Å². The number of hydrogen-bond acceptors (Lipinski definition) is 2. The quantitative estimate of drug-likeness (QED) is 0.737. The zero-order valence-corrected chi connectivity index (χ0v) is 10.6. The Morgan fingerprint density at radius 2 is 2.06 bits per heavy atom. The molecule has 1 saturated heterocycles. The molecule has 17 heavy (non-hydrogen) atoms. The third-order valence-corrected chi connectivity index (χ3v) is 4.21. The van der Waals surface area contributed by atoms with Crippen molar-refractivity contribution in [3.05, 3.63) is 29.8 Å². The topological polar surface area (TPSA) is 12.5 Å². The van der Waals surface area contributed by atoms with Gasteiger partial charge in [0.05, 0.1) is 0 Å². The molecule has 1 aromatic rings. The van der Waals surface area contributed by atoms with Gasteiger partial charge in [0.15, 0.2) is 0 Å². The Kier molecular flexibility index (Phi) is 3.06. The molecule has 0 aliphatic carbocycles. The summed E-state index contributed by atoms with van der Waals surface area (Å²) in [5.41, 5.74) is 1.38. The molecule has 2 nitrogen and oxygen atoms in total. The minimum Gasteiger partial charge on any atom is -0.489 e. The summed E-state index contributed by atoms with van der Waals surface area (Å²) in [6.45, 7) is 1.23. The van der Waals surface area contributed by atoms with Crippen LogP contribution >= 0.6 is 0 Å². The zero-order chi connectivity index (χ0) is 11.7. The number of likely N-dealkylation sites (tertiary alicyclic amines) is 1. The Bertz CT molecular complexity index is 390. The van der Waals surface area contributed by atoms with Crippen molar-refractivity contribution in [2.45, 2.75) is 44.2 Å². The van der Waals surface area contributed by atoms with Gasteiger partial charge in [-0.3, -0.25) is 4.90 Å². The van der Waals surface area contributed by atoms with Gasteiger partial charge in [-0.15, -0.1) is 0 Å². The number of aryl methyl sites for hydroxylation is 1. The molecule has 0 unspecified atom stereocenters. The van der Waals surface area contributed by atoms with E-state index < -0.39 is 0 Å². The number of fused-ring (bicyclic) bond motifs is 1. The van der Waals surface area contributed by atoms with Gasteiger partial charge < -0.3 is 4.74 Å². The fraction of sp³-hybridized carbons (Fsp3) is 0.600. The van der Waals surface area contributed by atoms with Gasteiger partial charge in [0.2, 0.25) is 0 Å². The minimum absolute atomic E-state index is 0.398. The van der Waals surface area contributed by atoms with Crippen LogP contribution in [0.2, 0.25) is 0 Å². The van der Waals surface area contributed by atoms with Gasteiger partial charge >= 0.3 is 0 Å². The van der Waals surface area contributed by atoms with Gasteiger partial charge in [-0.05, 0) is 50.9 Å². The van der Waals surface area contributed by atoms with Gasteiger partial charge in [-0.25, -0.2) is 0 Å². The number of para-hydroxylation sites is 1. The highest BCUT2D eigenvalue weighted by Crippen LogP contribution is 2.31. The fourth-order valence-corrected chi connectivity index (χ4v) is 3.19. The van der Waals surface area contributed by atoms with Crippen LogP contribution in [-0.2, 0) is 6.42 Å². The maximum absolute atomic E-state index is 6.20. The number of hydrogen-bond donors (Lipinski definition) is 0. The molecule has 1 fully saturated rings. The summed E-state index contributed by atoms with van der Waals surface area (Å²) >= 11 is 0. The number of likely N-dealkylation sites (N-methyl/N-ethyl adjacent to an activating group) is 1. The largest absolute Gasteiger partial charge is 0.489 e. The van der Waals surface area contributed by atoms with Crippen LogP contribution in [0.3, 0.4) is 0 Å². The van der Waals surface area contributed by atoms with Gasteiger partial charge in [0.25, 0.3) is 0 Å². The molecule has 92 valence electrons. The average molecular weight is 231 g/mol. The number of rotatable bonds is 1. The smallest absolute Gasteiger partial charge is 0.122 e. The molecule has 0 N–H and O–H groups in total. The third kappa shape index (κ3) is 2.19. The molecule has 0 saturated carbocycles. The predicted octanol–water partition coefficient (Wildman–Crippen LogP) is 2.86. The molecule has 2 heteroatoms. The first-order valence-corrected chi connectivity index (χ1v) is 6.79. The standard InChI is InChI=1S/C15H21NO/c1-16-11-5-4-7-13(16)15-10-9-12-6-2-3-8-14(12)17-15/h2-3,6,8,13,15H,4-5,7,9-11H2,1H3/t13-,15+/m0/s1. The molecule has 2 aliphatic heterocycles. The summed E-state index contributed by atoms with van der Waals surface area (Å²) < 4.78 is 6.20. The van der Waals surface area contributed by atoms with E-state index in [0.29, 0.717) is 12.1 Å². The summed E-state index contributed by atoms with van der Waals surface area (Å²) in [5, 5.41) is 0. The van der Waals surface area contributed by atoms with Crippen molar-refractivity contribution >= 4 is 0 Å². The first kappa shape index (κ1) is 11.1. The van der Waals surface area contributed by atoms with E-state index in [1.165, 1.54) is 44.2 Å². The van der Waals surface area contributed by atoms with Crippen molar-refractivity contribution in [1.82, 2.24) is 4.90 Å². The second-order valence-corrected chi connectivity index (χ2v) is 5.35. The summed E-state index contributed by atoms with van der Waals surface area (Å²) in [6.07, 6.45) is 6.74. The lowest BCUT2D eigenvalue weighted by molar-refractivity contribution is 0.0448. The molecule has 2 aliphatic rings. The van der Waals surface area contributed by atoms with Gasteiger partial charge in [0, 0.05) is 6.04 Å². The van der Waals surface area contributed by atoms with Crippen LogP contribution in [0.25, 0.3) is 0 Å². The van der Waals surface area contributed by atoms with E-state index in [9.17, 15) is 0 Å². The van der Waals surface area contributed by atoms with Crippen molar-refractivity contribution in [1.29, 1.82) is 0 Å². The number of piperidine rings is 1. The van der Waals surface area contributed by atoms with Gasteiger partial charge in [-0.1, -0.05) is 24.6 Å². The van der Waals surface area contributed by atoms with E-state index in [0.717, 1.165) is 5.75 Å². The molecule has 0 radical (unpaired) electrons. The monoisotopic (exact) mass is 231 g/mol. The second-order valence-electron chi connectivity index (χ2n) is 5.35. The van der Waals surface area contributed by atoms with Crippen LogP contribution in [0, 0.1) is 0 Å². The highest BCUT2D eigenvalue weighted by molar-refractivity contribution is 5.35. The zero-order valence-electron chi connectivity index (χ0n) is 10.6. The first-order valence-electron chi connectivity index (χ1n) is 6.79. The first-order chi connectivity index (χ1) is 8.34. The molecule has 0 aromatic heterocycles. The van der Waals surface area contributed by atoms with Crippen molar-refractivity contribution in [2.75, 3.05) is 13.6 Å². The average Bonchev–Trinajstić information content (AvgIpc) is 2.39. The summed E-state index contributed by atoms with van der Waals surface area (Å²) in [5.74, 6) is 1.11. The summed E-state index contributed by atoms with van der Waals surface area (Å²) in [6, 6.07) is 9.11. The van der Waals surface area contributed by atoms with Crippen molar-refractivity contribution in [3.8, 4) is 5.75 Å². The van der Waals surface area contributed by atoms with E-state index in [4.69, 9.17) is 4.74 Å². The molecule has 0 bridgehead atoms. The van der Waals surface area contributed by atoms with Crippen LogP contribution in [0.5, 0.6) is 5.75 Å². The van der Waals surface area contributed by atoms with Crippen LogP contribution in [0.1, 0.15) is 31.2 Å². The number of ether oxygens (including phenoxy) is 1. The number of nitrogens with zero attached hydrogens (tertiary/aromatic N) is 1. The molecular weight excluding hydrogens is 210 g/mol. The third-order valence-electron chi connectivity index (χ3n) is 4.21. The molecule has 1 aromatic carbocycles. The highest BCUT2D eigenvalue weighted by atomic mass is 16.5. The SMILES string of the molecule is CN1CCCC[C@H]1[C@H]1CCc2ccccc2O1. The Balaban J connectivity index is 1.75. The van der Waals surface area contributed by atoms with Gasteiger partial charge in [-0.2, -0.15) is 0 Å². The van der Waals surface area contributed by atoms with E-state index in [2.05, 4.69) is 36.2 Å². The normalized spacial score (nSPS) is 29.5. The lowest BCUT2D eigenvalue weighted by Gasteiger charge is -2.40. The fourth-order valence-electron chi connectivity index (χ4n) is 3.19. The van der Waals surface area contributed by atoms with Gasteiger partial charge in [0.1, 0.15) is 11.9 Å². The van der Waals surface area contributed by atoms with Crippen LogP contribution in [0.15, 0.2) is 24.3 Å². The molecule has 0 amide bonds. The Labute approximate surface area is 104 Å². The maximum atomic E-state index is 6.20. The van der Waals surface area contributed by atoms with E-state index in [1.54, 1.807) is 0 Å². The molecule has 3 rings (SSSR count). The molecule has 2 atom stereocenters. The maximum Gasteiger partial charge on any atom is 0.122 e. The lowest BCUT2D eigenvalue weighted by Crippen LogP contribution is -2.48. The second kappa shape index (κ2) is 4.69. The summed E-state index contributed by atoms with van der Waals surface area (Å²) in [4.78, 5) is 2.49. The Hall–Kier alpha value is -1.02. The Morgan fingerprint density at radius 3 is 2.94 bits per heavy atom. The van der Waals surface area contributed by atoms with Crippen LogP contribution < -0.4 is 4.74 Å². The predicted molar refractivity (Wildman–Crippen MR) is 69.4 cm³/mol. The molecular formula is C15H21NO. The Morgan fingerprint density at radius 1 is 1.18 bits per heavy atom. The van der Waals surface area contributed by atoms with E-state index in [1.807, 2.05) is 0 Å². The highest BCUT2D eigenvalue weighted by Gasteiger charge is 2.31. The molecule has 2 heterocycles. The van der Waals surface area contributed by atoms with Crippen LogP contribution in [0.4, 0.5) is 0 Å². The van der Waals surface area contributed by atoms with Crippen molar-refractivity contribution in [2.24, 2.45) is 0 Å². The van der Waals surface area contributed by atoms with E-state index in [-0.39, 0.29) is 0 Å². The molecule has 0 spiro atoms. The van der Waals surface area contributed by atoms with Crippen molar-refractivity contribution < 1.29 is 4.74 Å².